The van der Waals surface area contributed by atoms with Crippen molar-refractivity contribution < 1.29 is 0 Å². The first-order chi connectivity index (χ1) is 9.59. The van der Waals surface area contributed by atoms with E-state index in [1.165, 1.54) is 36.9 Å². The fourth-order valence-corrected chi connectivity index (χ4v) is 3.26. The minimum atomic E-state index is -0.407. The number of hydrogen-bond donors (Lipinski definition) is 1. The third-order valence-corrected chi connectivity index (χ3v) is 4.80. The summed E-state index contributed by atoms with van der Waals surface area (Å²) >= 11 is 0. The van der Waals surface area contributed by atoms with Gasteiger partial charge in [0, 0.05) is 11.7 Å². The van der Waals surface area contributed by atoms with Gasteiger partial charge in [-0.05, 0) is 57.4 Å². The monoisotopic (exact) mass is 272 g/mol. The number of hydrogen-bond acceptors (Lipinski definition) is 3. The Labute approximate surface area is 121 Å². The van der Waals surface area contributed by atoms with Crippen LogP contribution in [0.1, 0.15) is 49.6 Å². The summed E-state index contributed by atoms with van der Waals surface area (Å²) in [6.07, 6.45) is 5.79. The quantitative estimate of drug-likeness (QED) is 0.865. The summed E-state index contributed by atoms with van der Waals surface area (Å²) in [7, 11) is 0. The lowest BCUT2D eigenvalue weighted by molar-refractivity contribution is 0.299. The highest BCUT2D eigenvalue weighted by molar-refractivity contribution is 5.26. The fraction of sp³-hybridized carbons (Fsp3) is 0.750. The van der Waals surface area contributed by atoms with E-state index in [-0.39, 0.29) is 0 Å². The summed E-state index contributed by atoms with van der Waals surface area (Å²) in [5.74, 6) is 0.502. The van der Waals surface area contributed by atoms with E-state index in [2.05, 4.69) is 41.9 Å². The van der Waals surface area contributed by atoms with Crippen molar-refractivity contribution in [3.8, 4) is 6.07 Å². The molecule has 1 heterocycles. The van der Waals surface area contributed by atoms with Crippen LogP contribution in [0.5, 0.6) is 0 Å². The van der Waals surface area contributed by atoms with Crippen LogP contribution < -0.4 is 5.32 Å². The molecule has 3 rings (SSSR count). The van der Waals surface area contributed by atoms with Gasteiger partial charge in [0.15, 0.2) is 0 Å². The van der Waals surface area contributed by atoms with Crippen molar-refractivity contribution in [3.05, 3.63) is 17.0 Å². The first-order valence-corrected chi connectivity index (χ1v) is 7.81. The Hall–Kier alpha value is -1.34. The Kier molecular flexibility index (Phi) is 3.33. The van der Waals surface area contributed by atoms with Crippen LogP contribution in [0.3, 0.4) is 0 Å². The molecule has 0 radical (unpaired) electrons. The molecule has 0 aromatic carbocycles. The average molecular weight is 272 g/mol. The maximum Gasteiger partial charge on any atom is 0.129 e. The normalized spacial score (nSPS) is 21.5. The van der Waals surface area contributed by atoms with E-state index in [1.54, 1.807) is 0 Å². The standard InChI is InChI=1S/C16H24N4/c1-4-15-11(2)19-20(12(15)3)10-16(9-17,13-5-6-13)18-14-7-8-14/h13-14,18H,4-8,10H2,1-3H3. The number of nitrogens with one attached hydrogen (secondary N) is 1. The predicted octanol–water partition coefficient (Wildman–Crippen LogP) is 2.49. The minimum Gasteiger partial charge on any atom is -0.295 e. The van der Waals surface area contributed by atoms with Crippen molar-refractivity contribution in [1.29, 1.82) is 5.26 Å². The van der Waals surface area contributed by atoms with Gasteiger partial charge in [-0.3, -0.25) is 10.00 Å². The first-order valence-electron chi connectivity index (χ1n) is 7.81. The highest BCUT2D eigenvalue weighted by Gasteiger charge is 2.49. The molecule has 108 valence electrons. The number of nitrogens with zero attached hydrogens (tertiary/aromatic N) is 3. The van der Waals surface area contributed by atoms with Crippen LogP contribution in [0.4, 0.5) is 0 Å². The second-order valence-electron chi connectivity index (χ2n) is 6.44. The van der Waals surface area contributed by atoms with E-state index in [4.69, 9.17) is 0 Å². The maximum atomic E-state index is 9.80. The van der Waals surface area contributed by atoms with Crippen molar-refractivity contribution in [1.82, 2.24) is 15.1 Å². The Bertz CT molecular complexity index is 546. The molecular formula is C16H24N4. The van der Waals surface area contributed by atoms with Crippen LogP contribution in [0.25, 0.3) is 0 Å². The third kappa shape index (κ3) is 2.35. The SMILES string of the molecule is CCc1c(C)nn(CC(C#N)(NC2CC2)C2CC2)c1C. The largest absolute Gasteiger partial charge is 0.295 e. The molecule has 0 spiro atoms. The van der Waals surface area contributed by atoms with Gasteiger partial charge in [0.25, 0.3) is 0 Å². The van der Waals surface area contributed by atoms with Gasteiger partial charge in [-0.25, -0.2) is 0 Å². The van der Waals surface area contributed by atoms with E-state index in [0.29, 0.717) is 18.5 Å². The van der Waals surface area contributed by atoms with E-state index in [9.17, 15) is 5.26 Å². The fourth-order valence-electron chi connectivity index (χ4n) is 3.26. The van der Waals surface area contributed by atoms with Crippen LogP contribution >= 0.6 is 0 Å². The van der Waals surface area contributed by atoms with Gasteiger partial charge in [-0.1, -0.05) is 6.92 Å². The number of rotatable bonds is 6. The molecule has 1 N–H and O–H groups in total. The van der Waals surface area contributed by atoms with Crippen molar-refractivity contribution in [2.24, 2.45) is 5.92 Å². The van der Waals surface area contributed by atoms with Gasteiger partial charge >= 0.3 is 0 Å². The minimum absolute atomic E-state index is 0.407. The summed E-state index contributed by atoms with van der Waals surface area (Å²) in [4.78, 5) is 0. The molecule has 4 nitrogen and oxygen atoms in total. The Morgan fingerprint density at radius 1 is 1.35 bits per heavy atom. The average Bonchev–Trinajstić information content (AvgIpc) is 3.30. The molecule has 2 aliphatic carbocycles. The van der Waals surface area contributed by atoms with E-state index < -0.39 is 5.54 Å². The molecule has 2 aliphatic rings. The summed E-state index contributed by atoms with van der Waals surface area (Å²) in [5, 5.41) is 18.1. The zero-order valence-corrected chi connectivity index (χ0v) is 12.7. The summed E-state index contributed by atoms with van der Waals surface area (Å²) in [6.45, 7) is 7.06. The zero-order valence-electron chi connectivity index (χ0n) is 12.7. The van der Waals surface area contributed by atoms with Crippen LogP contribution in [0, 0.1) is 31.1 Å². The molecule has 2 saturated carbocycles. The van der Waals surface area contributed by atoms with Gasteiger partial charge in [-0.2, -0.15) is 10.4 Å². The Morgan fingerprint density at radius 2 is 2.05 bits per heavy atom. The van der Waals surface area contributed by atoms with Crippen molar-refractivity contribution in [2.75, 3.05) is 0 Å². The first kappa shape index (κ1) is 13.6. The highest BCUT2D eigenvalue weighted by Crippen LogP contribution is 2.42. The van der Waals surface area contributed by atoms with Crippen LogP contribution in [0.15, 0.2) is 0 Å². The lowest BCUT2D eigenvalue weighted by Crippen LogP contribution is -2.51. The molecular weight excluding hydrogens is 248 g/mol. The molecule has 1 aromatic rings. The molecule has 0 saturated heterocycles. The predicted molar refractivity (Wildman–Crippen MR) is 78.3 cm³/mol. The molecule has 0 aliphatic heterocycles. The second kappa shape index (κ2) is 4.89. The Morgan fingerprint density at radius 3 is 2.50 bits per heavy atom. The summed E-state index contributed by atoms with van der Waals surface area (Å²) in [5.41, 5.74) is 3.26. The molecule has 0 bridgehead atoms. The van der Waals surface area contributed by atoms with E-state index in [0.717, 1.165) is 12.1 Å². The summed E-state index contributed by atoms with van der Waals surface area (Å²) in [6, 6.07) is 3.15. The van der Waals surface area contributed by atoms with Gasteiger partial charge in [0.1, 0.15) is 5.54 Å². The van der Waals surface area contributed by atoms with Crippen molar-refractivity contribution in [2.45, 2.75) is 71.0 Å². The molecule has 0 amide bonds. The topological polar surface area (TPSA) is 53.6 Å². The second-order valence-corrected chi connectivity index (χ2v) is 6.44. The lowest BCUT2D eigenvalue weighted by atomic mass is 9.94. The zero-order chi connectivity index (χ0) is 14.3. The van der Waals surface area contributed by atoms with Gasteiger partial charge < -0.3 is 0 Å². The molecule has 1 unspecified atom stereocenters. The maximum absolute atomic E-state index is 9.80. The highest BCUT2D eigenvalue weighted by atomic mass is 15.3. The van der Waals surface area contributed by atoms with Crippen molar-refractivity contribution >= 4 is 0 Å². The van der Waals surface area contributed by atoms with Gasteiger partial charge in [0.2, 0.25) is 0 Å². The molecule has 1 aromatic heterocycles. The molecule has 4 heteroatoms. The molecule has 20 heavy (non-hydrogen) atoms. The van der Waals surface area contributed by atoms with Crippen LogP contribution in [0.2, 0.25) is 0 Å². The lowest BCUT2D eigenvalue weighted by Gasteiger charge is -2.28. The third-order valence-electron chi connectivity index (χ3n) is 4.80. The van der Waals surface area contributed by atoms with Gasteiger partial charge in [0.05, 0.1) is 18.3 Å². The molecule has 1 atom stereocenters. The molecule has 2 fully saturated rings. The van der Waals surface area contributed by atoms with Crippen molar-refractivity contribution in [3.63, 3.8) is 0 Å². The van der Waals surface area contributed by atoms with Crippen LogP contribution in [-0.4, -0.2) is 21.4 Å². The van der Waals surface area contributed by atoms with Crippen LogP contribution in [-0.2, 0) is 13.0 Å². The smallest absolute Gasteiger partial charge is 0.129 e. The number of nitriles is 1. The van der Waals surface area contributed by atoms with E-state index in [1.807, 2.05) is 0 Å². The van der Waals surface area contributed by atoms with E-state index >= 15 is 0 Å². The number of aryl methyl sites for hydroxylation is 1. The number of aromatic nitrogens is 2. The Balaban J connectivity index is 1.87. The van der Waals surface area contributed by atoms with Gasteiger partial charge in [-0.15, -0.1) is 0 Å². The summed E-state index contributed by atoms with van der Waals surface area (Å²) < 4.78 is 2.06.